The fourth-order valence-corrected chi connectivity index (χ4v) is 1.46. The van der Waals surface area contributed by atoms with Crippen LogP contribution in [0.15, 0.2) is 0 Å². The Balaban J connectivity index is 3.69. The standard InChI is InChI=1S/C15H31N3O3/c1-11(2)9-17-13(19)7-8-16-12(3)10-18-14(20)21-15(4,5)6/h11-12,16H,7-10H2,1-6H3,(H,17,19)(H,18,20). The third kappa shape index (κ3) is 13.4. The molecule has 1 unspecified atom stereocenters. The monoisotopic (exact) mass is 301 g/mol. The summed E-state index contributed by atoms with van der Waals surface area (Å²) in [6, 6.07) is 0.0791. The second-order valence-corrected chi connectivity index (χ2v) is 6.69. The van der Waals surface area contributed by atoms with Crippen molar-refractivity contribution < 1.29 is 14.3 Å². The second-order valence-electron chi connectivity index (χ2n) is 6.69. The van der Waals surface area contributed by atoms with Crippen LogP contribution in [0.5, 0.6) is 0 Å². The highest BCUT2D eigenvalue weighted by molar-refractivity contribution is 5.76. The van der Waals surface area contributed by atoms with Crippen LogP contribution < -0.4 is 16.0 Å². The van der Waals surface area contributed by atoms with Gasteiger partial charge in [0.15, 0.2) is 0 Å². The van der Waals surface area contributed by atoms with E-state index in [1.807, 2.05) is 27.7 Å². The molecular weight excluding hydrogens is 270 g/mol. The van der Waals surface area contributed by atoms with E-state index in [1.54, 1.807) is 0 Å². The van der Waals surface area contributed by atoms with Crippen molar-refractivity contribution in [1.29, 1.82) is 0 Å². The van der Waals surface area contributed by atoms with Crippen molar-refractivity contribution in [2.24, 2.45) is 5.92 Å². The van der Waals surface area contributed by atoms with Gasteiger partial charge in [0.1, 0.15) is 5.60 Å². The molecule has 0 aromatic carbocycles. The molecule has 0 bridgehead atoms. The average Bonchev–Trinajstić information content (AvgIpc) is 2.32. The Bertz CT molecular complexity index is 325. The Hall–Kier alpha value is -1.30. The van der Waals surface area contributed by atoms with Crippen LogP contribution in [0.2, 0.25) is 0 Å². The summed E-state index contributed by atoms with van der Waals surface area (Å²) in [5.41, 5.74) is -0.491. The number of rotatable bonds is 8. The minimum Gasteiger partial charge on any atom is -0.444 e. The van der Waals surface area contributed by atoms with Crippen molar-refractivity contribution in [3.8, 4) is 0 Å². The minimum absolute atomic E-state index is 0.0449. The maximum absolute atomic E-state index is 11.5. The van der Waals surface area contributed by atoms with E-state index in [4.69, 9.17) is 4.74 Å². The van der Waals surface area contributed by atoms with Crippen LogP contribution in [0.25, 0.3) is 0 Å². The van der Waals surface area contributed by atoms with E-state index in [0.29, 0.717) is 32.0 Å². The summed E-state index contributed by atoms with van der Waals surface area (Å²) in [6.07, 6.45) is 0.00886. The van der Waals surface area contributed by atoms with Crippen LogP contribution in [0, 0.1) is 5.92 Å². The van der Waals surface area contributed by atoms with Crippen LogP contribution in [0.4, 0.5) is 4.79 Å². The van der Waals surface area contributed by atoms with Gasteiger partial charge in [-0.1, -0.05) is 13.8 Å². The molecule has 0 aliphatic rings. The summed E-state index contributed by atoms with van der Waals surface area (Å²) in [6.45, 7) is 13.3. The molecule has 0 spiro atoms. The first-order chi connectivity index (χ1) is 9.60. The first-order valence-electron chi connectivity index (χ1n) is 7.57. The average molecular weight is 301 g/mol. The number of carbonyl (C=O) groups is 2. The lowest BCUT2D eigenvalue weighted by atomic mass is 10.2. The highest BCUT2D eigenvalue weighted by Gasteiger charge is 2.16. The summed E-state index contributed by atoms with van der Waals surface area (Å²) in [7, 11) is 0. The zero-order valence-electron chi connectivity index (χ0n) is 14.2. The highest BCUT2D eigenvalue weighted by Crippen LogP contribution is 2.06. The fourth-order valence-electron chi connectivity index (χ4n) is 1.46. The van der Waals surface area contributed by atoms with Gasteiger partial charge in [0.05, 0.1) is 0 Å². The smallest absolute Gasteiger partial charge is 0.407 e. The third-order valence-electron chi connectivity index (χ3n) is 2.50. The largest absolute Gasteiger partial charge is 0.444 e. The van der Waals surface area contributed by atoms with Crippen molar-refractivity contribution in [1.82, 2.24) is 16.0 Å². The lowest BCUT2D eigenvalue weighted by Gasteiger charge is -2.21. The van der Waals surface area contributed by atoms with Gasteiger partial charge in [-0.05, 0) is 33.6 Å². The number of hydrogen-bond acceptors (Lipinski definition) is 4. The van der Waals surface area contributed by atoms with E-state index in [0.717, 1.165) is 0 Å². The summed E-state index contributed by atoms with van der Waals surface area (Å²) < 4.78 is 5.14. The molecule has 0 aromatic rings. The molecule has 0 saturated heterocycles. The van der Waals surface area contributed by atoms with Gasteiger partial charge in [0.2, 0.25) is 5.91 Å². The summed E-state index contributed by atoms with van der Waals surface area (Å²) >= 11 is 0. The molecule has 0 aliphatic carbocycles. The van der Waals surface area contributed by atoms with E-state index in [9.17, 15) is 9.59 Å². The normalized spacial score (nSPS) is 12.9. The lowest BCUT2D eigenvalue weighted by Crippen LogP contribution is -2.42. The molecule has 0 aliphatic heterocycles. The number of carbonyl (C=O) groups excluding carboxylic acids is 2. The Morgan fingerprint density at radius 1 is 1.05 bits per heavy atom. The third-order valence-corrected chi connectivity index (χ3v) is 2.50. The zero-order chi connectivity index (χ0) is 16.5. The topological polar surface area (TPSA) is 79.5 Å². The molecule has 2 amide bonds. The van der Waals surface area contributed by atoms with Crippen molar-refractivity contribution >= 4 is 12.0 Å². The fraction of sp³-hybridized carbons (Fsp3) is 0.867. The predicted octanol–water partition coefficient (Wildman–Crippen LogP) is 1.65. The Labute approximate surface area is 128 Å². The Kier molecular flexibility index (Phi) is 9.01. The van der Waals surface area contributed by atoms with Gasteiger partial charge in [0.25, 0.3) is 0 Å². The van der Waals surface area contributed by atoms with Crippen molar-refractivity contribution in [3.05, 3.63) is 0 Å². The lowest BCUT2D eigenvalue weighted by molar-refractivity contribution is -0.121. The molecule has 0 radical (unpaired) electrons. The number of hydrogen-bond donors (Lipinski definition) is 3. The quantitative estimate of drug-likeness (QED) is 0.637. The van der Waals surface area contributed by atoms with Gasteiger partial charge in [0, 0.05) is 32.1 Å². The van der Waals surface area contributed by atoms with E-state index < -0.39 is 11.7 Å². The van der Waals surface area contributed by atoms with Gasteiger partial charge < -0.3 is 20.7 Å². The molecule has 124 valence electrons. The van der Waals surface area contributed by atoms with Gasteiger partial charge >= 0.3 is 6.09 Å². The van der Waals surface area contributed by atoms with Crippen molar-refractivity contribution in [3.63, 3.8) is 0 Å². The van der Waals surface area contributed by atoms with E-state index in [1.165, 1.54) is 0 Å². The van der Waals surface area contributed by atoms with Crippen molar-refractivity contribution in [2.75, 3.05) is 19.6 Å². The molecule has 0 heterocycles. The van der Waals surface area contributed by atoms with Crippen LogP contribution in [0.3, 0.4) is 0 Å². The molecule has 0 aromatic heterocycles. The minimum atomic E-state index is -0.491. The molecule has 21 heavy (non-hydrogen) atoms. The Morgan fingerprint density at radius 3 is 2.19 bits per heavy atom. The predicted molar refractivity (Wildman–Crippen MR) is 84.2 cm³/mol. The number of ether oxygens (including phenoxy) is 1. The van der Waals surface area contributed by atoms with Crippen LogP contribution in [-0.2, 0) is 9.53 Å². The molecule has 0 rings (SSSR count). The molecule has 0 saturated carbocycles. The first kappa shape index (κ1) is 19.7. The van der Waals surface area contributed by atoms with Gasteiger partial charge in [-0.2, -0.15) is 0 Å². The molecular formula is C15H31N3O3. The molecule has 6 nitrogen and oxygen atoms in total. The van der Waals surface area contributed by atoms with E-state index in [-0.39, 0.29) is 11.9 Å². The highest BCUT2D eigenvalue weighted by atomic mass is 16.6. The second kappa shape index (κ2) is 9.60. The van der Waals surface area contributed by atoms with Gasteiger partial charge in [-0.25, -0.2) is 4.79 Å². The van der Waals surface area contributed by atoms with Crippen LogP contribution >= 0.6 is 0 Å². The maximum Gasteiger partial charge on any atom is 0.407 e. The van der Waals surface area contributed by atoms with Crippen LogP contribution in [0.1, 0.15) is 48.0 Å². The van der Waals surface area contributed by atoms with Gasteiger partial charge in [-0.15, -0.1) is 0 Å². The SMILES string of the molecule is CC(C)CNC(=O)CCNC(C)CNC(=O)OC(C)(C)C. The van der Waals surface area contributed by atoms with Gasteiger partial charge in [-0.3, -0.25) is 4.79 Å². The molecule has 3 N–H and O–H groups in total. The number of alkyl carbamates (subject to hydrolysis) is 1. The summed E-state index contributed by atoms with van der Waals surface area (Å²) in [5.74, 6) is 0.502. The molecule has 1 atom stereocenters. The summed E-state index contributed by atoms with van der Waals surface area (Å²) in [5, 5.41) is 8.74. The molecule has 6 heteroatoms. The van der Waals surface area contributed by atoms with E-state index >= 15 is 0 Å². The van der Waals surface area contributed by atoms with Crippen LogP contribution in [-0.4, -0.2) is 43.3 Å². The molecule has 0 fully saturated rings. The summed E-state index contributed by atoms with van der Waals surface area (Å²) in [4.78, 5) is 23.0. The maximum atomic E-state index is 11.5. The van der Waals surface area contributed by atoms with E-state index in [2.05, 4.69) is 29.8 Å². The first-order valence-corrected chi connectivity index (χ1v) is 7.57. The Morgan fingerprint density at radius 2 is 1.67 bits per heavy atom. The number of amides is 2. The zero-order valence-corrected chi connectivity index (χ0v) is 14.2. The number of nitrogens with one attached hydrogen (secondary N) is 3. The van der Waals surface area contributed by atoms with Crippen molar-refractivity contribution in [2.45, 2.75) is 59.6 Å².